The predicted octanol–water partition coefficient (Wildman–Crippen LogP) is 14.9. The van der Waals surface area contributed by atoms with Crippen molar-refractivity contribution >= 4 is 22.1 Å². The molecule has 10 rings (SSSR count). The third-order valence-corrected chi connectivity index (χ3v) is 12.0. The maximum Gasteiger partial charge on any atom is 0.0468 e. The van der Waals surface area contributed by atoms with E-state index in [-0.39, 0.29) is 5.41 Å². The van der Waals surface area contributed by atoms with E-state index in [4.69, 9.17) is 0 Å². The minimum Gasteiger partial charge on any atom is -0.311 e. The Morgan fingerprint density at radius 1 is 0.446 bits per heavy atom. The SMILES string of the molecule is CC1(C)c2ccccc2-c2ccc(N(C3=CCC(c4ccccc4)C=C3)c3ccc(-c4ccc(-c5ccc6ccccc6c5)cc4)c(-c4ccccc4)c3)cc21. The third-order valence-electron chi connectivity index (χ3n) is 12.0. The number of allylic oxidation sites excluding steroid dienone is 3. The molecule has 0 saturated heterocycles. The van der Waals surface area contributed by atoms with Gasteiger partial charge in [0.15, 0.2) is 0 Å². The molecule has 1 nitrogen and oxygen atoms in total. The van der Waals surface area contributed by atoms with Crippen molar-refractivity contribution in [1.29, 1.82) is 0 Å². The fourth-order valence-electron chi connectivity index (χ4n) is 8.99. The summed E-state index contributed by atoms with van der Waals surface area (Å²) in [4.78, 5) is 2.47. The lowest BCUT2D eigenvalue weighted by Crippen LogP contribution is -2.19. The van der Waals surface area contributed by atoms with E-state index in [0.717, 1.165) is 12.1 Å². The van der Waals surface area contributed by atoms with Crippen LogP contribution in [-0.4, -0.2) is 0 Å². The zero-order valence-electron chi connectivity index (χ0n) is 31.9. The minimum atomic E-state index is -0.0964. The van der Waals surface area contributed by atoms with Crippen LogP contribution in [0.3, 0.4) is 0 Å². The Labute approximate surface area is 330 Å². The Morgan fingerprint density at radius 2 is 1.05 bits per heavy atom. The summed E-state index contributed by atoms with van der Waals surface area (Å²) >= 11 is 0. The molecular formula is C55H43N. The fourth-order valence-corrected chi connectivity index (χ4v) is 8.99. The van der Waals surface area contributed by atoms with Crippen LogP contribution in [-0.2, 0) is 5.41 Å². The van der Waals surface area contributed by atoms with Crippen LogP contribution in [0.2, 0.25) is 0 Å². The highest BCUT2D eigenvalue weighted by Crippen LogP contribution is 2.51. The molecular weight excluding hydrogens is 675 g/mol. The molecule has 0 aromatic heterocycles. The molecule has 0 radical (unpaired) electrons. The first-order chi connectivity index (χ1) is 27.5. The second kappa shape index (κ2) is 13.9. The third kappa shape index (κ3) is 5.97. The van der Waals surface area contributed by atoms with Gasteiger partial charge in [-0.05, 0) is 115 Å². The predicted molar refractivity (Wildman–Crippen MR) is 237 cm³/mol. The van der Waals surface area contributed by atoms with Crippen LogP contribution in [0.1, 0.15) is 42.9 Å². The van der Waals surface area contributed by atoms with Gasteiger partial charge in [-0.3, -0.25) is 0 Å². The first kappa shape index (κ1) is 33.8. The van der Waals surface area contributed by atoms with Gasteiger partial charge < -0.3 is 4.90 Å². The van der Waals surface area contributed by atoms with Crippen molar-refractivity contribution in [2.45, 2.75) is 31.6 Å². The molecule has 2 aliphatic carbocycles. The largest absolute Gasteiger partial charge is 0.311 e. The summed E-state index contributed by atoms with van der Waals surface area (Å²) in [6.07, 6.45) is 8.08. The standard InChI is InChI=1S/C55H43N/c1-55(2)53-20-12-11-19-50(53)51-34-32-48(37-54(51)55)56(46-29-27-40(28-30-46)38-13-5-3-6-14-38)47-31-33-49(52(36-47)42-16-7-4-8-17-42)43-24-21-41(22-25-43)45-26-23-39-15-9-10-18-44(39)35-45/h3-27,29-37,40H,28H2,1-2H3. The molecule has 2 aliphatic rings. The number of hydrogen-bond donors (Lipinski definition) is 0. The summed E-state index contributed by atoms with van der Waals surface area (Å²) in [5, 5.41) is 2.52. The highest BCUT2D eigenvalue weighted by atomic mass is 15.1. The topological polar surface area (TPSA) is 3.24 Å². The van der Waals surface area contributed by atoms with Gasteiger partial charge in [-0.25, -0.2) is 0 Å². The van der Waals surface area contributed by atoms with E-state index in [9.17, 15) is 0 Å². The Bertz CT molecular complexity index is 2790. The first-order valence-corrected chi connectivity index (χ1v) is 19.8. The van der Waals surface area contributed by atoms with Crippen LogP contribution in [0.25, 0.3) is 55.3 Å². The van der Waals surface area contributed by atoms with Gasteiger partial charge in [-0.15, -0.1) is 0 Å². The lowest BCUT2D eigenvalue weighted by Gasteiger charge is -2.31. The van der Waals surface area contributed by atoms with Crippen LogP contribution in [0.15, 0.2) is 212 Å². The Kier molecular flexibility index (Phi) is 8.37. The molecule has 0 N–H and O–H groups in total. The summed E-state index contributed by atoms with van der Waals surface area (Å²) in [5.74, 6) is 0.357. The van der Waals surface area contributed by atoms with Gasteiger partial charge in [-0.2, -0.15) is 0 Å². The van der Waals surface area contributed by atoms with E-state index in [1.807, 2.05) is 0 Å². The maximum atomic E-state index is 2.47. The van der Waals surface area contributed by atoms with Crippen molar-refractivity contribution in [2.75, 3.05) is 4.90 Å². The Morgan fingerprint density at radius 3 is 1.82 bits per heavy atom. The zero-order valence-corrected chi connectivity index (χ0v) is 31.9. The molecule has 0 heterocycles. The van der Waals surface area contributed by atoms with E-state index >= 15 is 0 Å². The number of hydrogen-bond acceptors (Lipinski definition) is 1. The molecule has 8 aromatic carbocycles. The van der Waals surface area contributed by atoms with E-state index in [2.05, 4.69) is 225 Å². The maximum absolute atomic E-state index is 2.47. The zero-order chi connectivity index (χ0) is 37.6. The Balaban J connectivity index is 1.08. The molecule has 0 aliphatic heterocycles. The van der Waals surface area contributed by atoms with Gasteiger partial charge in [0.2, 0.25) is 0 Å². The molecule has 8 aromatic rings. The average molecular weight is 718 g/mol. The molecule has 0 fully saturated rings. The highest BCUT2D eigenvalue weighted by Gasteiger charge is 2.36. The molecule has 1 heteroatoms. The summed E-state index contributed by atoms with van der Waals surface area (Å²) in [6.45, 7) is 4.73. The molecule has 1 atom stereocenters. The number of nitrogens with zero attached hydrogens (tertiary/aromatic N) is 1. The highest BCUT2D eigenvalue weighted by molar-refractivity contribution is 5.91. The second-order valence-corrected chi connectivity index (χ2v) is 15.7. The molecule has 0 bridgehead atoms. The van der Waals surface area contributed by atoms with Crippen LogP contribution in [0.4, 0.5) is 11.4 Å². The van der Waals surface area contributed by atoms with Crippen LogP contribution in [0.5, 0.6) is 0 Å². The van der Waals surface area contributed by atoms with Gasteiger partial charge in [0.1, 0.15) is 0 Å². The summed E-state index contributed by atoms with van der Waals surface area (Å²) < 4.78 is 0. The van der Waals surface area contributed by atoms with Crippen LogP contribution >= 0.6 is 0 Å². The molecule has 0 spiro atoms. The van der Waals surface area contributed by atoms with Crippen molar-refractivity contribution in [3.8, 4) is 44.5 Å². The van der Waals surface area contributed by atoms with E-state index in [1.165, 1.54) is 83.4 Å². The smallest absolute Gasteiger partial charge is 0.0468 e. The minimum absolute atomic E-state index is 0.0964. The van der Waals surface area contributed by atoms with E-state index < -0.39 is 0 Å². The molecule has 1 unspecified atom stereocenters. The Hall–Kier alpha value is -6.70. The number of benzene rings is 8. The number of rotatable bonds is 7. The van der Waals surface area contributed by atoms with E-state index in [0.29, 0.717) is 5.92 Å². The van der Waals surface area contributed by atoms with Gasteiger partial charge in [0, 0.05) is 28.4 Å². The average Bonchev–Trinajstić information content (AvgIpc) is 3.49. The van der Waals surface area contributed by atoms with Gasteiger partial charge in [0.05, 0.1) is 0 Å². The second-order valence-electron chi connectivity index (χ2n) is 15.7. The summed E-state index contributed by atoms with van der Waals surface area (Å²) in [6, 6.07) is 69.1. The van der Waals surface area contributed by atoms with Crippen molar-refractivity contribution in [1.82, 2.24) is 0 Å². The van der Waals surface area contributed by atoms with Crippen LogP contribution in [0, 0.1) is 0 Å². The van der Waals surface area contributed by atoms with Gasteiger partial charge in [-0.1, -0.05) is 184 Å². The number of fused-ring (bicyclic) bond motifs is 4. The van der Waals surface area contributed by atoms with Gasteiger partial charge >= 0.3 is 0 Å². The fraction of sp³-hybridized carbons (Fsp3) is 0.0909. The summed E-state index contributed by atoms with van der Waals surface area (Å²) in [5.41, 5.74) is 17.5. The van der Waals surface area contributed by atoms with Crippen molar-refractivity contribution < 1.29 is 0 Å². The lowest BCUT2D eigenvalue weighted by atomic mass is 9.82. The van der Waals surface area contributed by atoms with Gasteiger partial charge in [0.25, 0.3) is 0 Å². The molecule has 0 amide bonds. The number of anilines is 2. The van der Waals surface area contributed by atoms with Crippen molar-refractivity contribution in [2.24, 2.45) is 0 Å². The van der Waals surface area contributed by atoms with E-state index in [1.54, 1.807) is 0 Å². The first-order valence-electron chi connectivity index (χ1n) is 19.8. The van der Waals surface area contributed by atoms with Crippen LogP contribution < -0.4 is 4.90 Å². The van der Waals surface area contributed by atoms with Crippen molar-refractivity contribution in [3.05, 3.63) is 229 Å². The quantitative estimate of drug-likeness (QED) is 0.159. The van der Waals surface area contributed by atoms with Crippen molar-refractivity contribution in [3.63, 3.8) is 0 Å². The monoisotopic (exact) mass is 717 g/mol. The lowest BCUT2D eigenvalue weighted by molar-refractivity contribution is 0.660. The normalized spacial score (nSPS) is 15.2. The molecule has 268 valence electrons. The summed E-state index contributed by atoms with van der Waals surface area (Å²) in [7, 11) is 0. The molecule has 0 saturated carbocycles. The molecule has 56 heavy (non-hydrogen) atoms.